The molecule has 0 aliphatic carbocycles. The van der Waals surface area contributed by atoms with Gasteiger partial charge in [-0.25, -0.2) is 0 Å². The Bertz CT molecular complexity index is 472. The van der Waals surface area contributed by atoms with Gasteiger partial charge < -0.3 is 5.32 Å². The van der Waals surface area contributed by atoms with Crippen LogP contribution in [-0.2, 0) is 0 Å². The van der Waals surface area contributed by atoms with Crippen molar-refractivity contribution in [2.75, 3.05) is 17.6 Å². The Kier molecular flexibility index (Phi) is 4.07. The predicted octanol–water partition coefficient (Wildman–Crippen LogP) is 4.61. The van der Waals surface area contributed by atoms with Crippen LogP contribution in [0.1, 0.15) is 25.0 Å². The molecule has 0 amide bonds. The largest absolute Gasteiger partial charge is 0.335 e. The second-order valence-corrected chi connectivity index (χ2v) is 7.38. The summed E-state index contributed by atoms with van der Waals surface area (Å²) in [4.78, 5) is 4.62. The van der Waals surface area contributed by atoms with Gasteiger partial charge in [-0.3, -0.25) is 4.99 Å². The van der Waals surface area contributed by atoms with Crippen LogP contribution in [0.2, 0.25) is 0 Å². The summed E-state index contributed by atoms with van der Waals surface area (Å²) in [6, 6.07) is 4.31. The zero-order valence-corrected chi connectivity index (χ0v) is 13.7. The fourth-order valence-corrected chi connectivity index (χ4v) is 3.05. The van der Waals surface area contributed by atoms with Crippen LogP contribution in [0.25, 0.3) is 0 Å². The minimum atomic E-state index is 0.321. The maximum absolute atomic E-state index is 4.62. The van der Waals surface area contributed by atoms with Crippen LogP contribution in [0, 0.1) is 19.3 Å². The van der Waals surface area contributed by atoms with Gasteiger partial charge in [-0.05, 0) is 42.5 Å². The lowest BCUT2D eigenvalue weighted by Gasteiger charge is -2.27. The number of aliphatic imine (C=N–C) groups is 1. The van der Waals surface area contributed by atoms with Gasteiger partial charge in [-0.2, -0.15) is 0 Å². The number of rotatable bonds is 1. The summed E-state index contributed by atoms with van der Waals surface area (Å²) >= 11 is 5.40. The summed E-state index contributed by atoms with van der Waals surface area (Å²) in [5.41, 5.74) is 3.94. The zero-order valence-electron chi connectivity index (χ0n) is 11.3. The third-order valence-electron chi connectivity index (χ3n) is 2.94. The third-order valence-corrected chi connectivity index (χ3v) is 5.62. The average Bonchev–Trinajstić information content (AvgIpc) is 2.29. The van der Waals surface area contributed by atoms with E-state index in [1.807, 2.05) is 11.8 Å². The van der Waals surface area contributed by atoms with Crippen LogP contribution in [0.5, 0.6) is 0 Å². The molecule has 0 fully saturated rings. The molecule has 1 N–H and O–H groups in total. The molecule has 0 unspecified atom stereocenters. The van der Waals surface area contributed by atoms with E-state index in [9.17, 15) is 0 Å². The highest BCUT2D eigenvalue weighted by atomic mass is 79.9. The molecule has 1 heterocycles. The van der Waals surface area contributed by atoms with Gasteiger partial charge in [0.15, 0.2) is 5.17 Å². The third kappa shape index (κ3) is 3.29. The highest BCUT2D eigenvalue weighted by molar-refractivity contribution is 9.10. The molecule has 2 nitrogen and oxygen atoms in total. The maximum Gasteiger partial charge on any atom is 0.161 e. The Hall–Kier alpha value is -0.480. The van der Waals surface area contributed by atoms with Crippen LogP contribution in [0.15, 0.2) is 21.6 Å². The lowest BCUT2D eigenvalue weighted by Crippen LogP contribution is -2.27. The molecule has 0 aromatic heterocycles. The van der Waals surface area contributed by atoms with Gasteiger partial charge in [0, 0.05) is 22.5 Å². The smallest absolute Gasteiger partial charge is 0.161 e. The van der Waals surface area contributed by atoms with Crippen molar-refractivity contribution in [3.63, 3.8) is 0 Å². The minimum absolute atomic E-state index is 0.321. The Labute approximate surface area is 122 Å². The van der Waals surface area contributed by atoms with Gasteiger partial charge in [0.05, 0.1) is 0 Å². The molecule has 0 spiro atoms. The predicted molar refractivity (Wildman–Crippen MR) is 85.8 cm³/mol. The minimum Gasteiger partial charge on any atom is -0.335 e. The molecule has 0 radical (unpaired) electrons. The molecule has 1 aromatic rings. The molecule has 2 rings (SSSR count). The van der Waals surface area contributed by atoms with Crippen molar-refractivity contribution in [2.45, 2.75) is 27.7 Å². The normalized spacial score (nSPS) is 18.4. The number of halogens is 1. The van der Waals surface area contributed by atoms with E-state index in [0.29, 0.717) is 5.41 Å². The van der Waals surface area contributed by atoms with Crippen molar-refractivity contribution >= 4 is 38.5 Å². The molecular formula is C14H19BrN2S. The Morgan fingerprint density at radius 1 is 1.28 bits per heavy atom. The van der Waals surface area contributed by atoms with Crippen molar-refractivity contribution in [2.24, 2.45) is 10.4 Å². The number of benzene rings is 1. The topological polar surface area (TPSA) is 24.4 Å². The molecule has 0 saturated heterocycles. The lowest BCUT2D eigenvalue weighted by atomic mass is 9.97. The quantitative estimate of drug-likeness (QED) is 0.815. The van der Waals surface area contributed by atoms with Crippen molar-refractivity contribution < 1.29 is 0 Å². The van der Waals surface area contributed by atoms with Crippen LogP contribution in [0.4, 0.5) is 5.69 Å². The Morgan fingerprint density at radius 2 is 1.89 bits per heavy atom. The zero-order chi connectivity index (χ0) is 13.3. The molecule has 18 heavy (non-hydrogen) atoms. The molecule has 1 aromatic carbocycles. The first-order valence-corrected chi connectivity index (χ1v) is 7.86. The molecule has 98 valence electrons. The van der Waals surface area contributed by atoms with E-state index in [2.05, 4.69) is 66.1 Å². The highest BCUT2D eigenvalue weighted by Gasteiger charge is 2.23. The molecule has 0 bridgehead atoms. The van der Waals surface area contributed by atoms with E-state index in [1.54, 1.807) is 0 Å². The van der Waals surface area contributed by atoms with Gasteiger partial charge in [-0.15, -0.1) is 0 Å². The summed E-state index contributed by atoms with van der Waals surface area (Å²) in [6.45, 7) is 9.64. The van der Waals surface area contributed by atoms with E-state index < -0.39 is 0 Å². The summed E-state index contributed by atoms with van der Waals surface area (Å²) in [5.74, 6) is 1.12. The Morgan fingerprint density at radius 3 is 2.39 bits per heavy atom. The van der Waals surface area contributed by atoms with Gasteiger partial charge in [0.25, 0.3) is 0 Å². The van der Waals surface area contributed by atoms with E-state index >= 15 is 0 Å². The van der Waals surface area contributed by atoms with Crippen LogP contribution < -0.4 is 5.32 Å². The first kappa shape index (κ1) is 13.9. The number of anilines is 1. The first-order chi connectivity index (χ1) is 8.37. The lowest BCUT2D eigenvalue weighted by molar-refractivity contribution is 0.438. The number of aryl methyl sites for hydroxylation is 2. The van der Waals surface area contributed by atoms with Crippen LogP contribution >= 0.6 is 27.7 Å². The van der Waals surface area contributed by atoms with Crippen molar-refractivity contribution in [1.29, 1.82) is 0 Å². The van der Waals surface area contributed by atoms with Crippen LogP contribution in [-0.4, -0.2) is 17.5 Å². The number of thioether (sulfide) groups is 1. The molecule has 1 aliphatic heterocycles. The molecular weight excluding hydrogens is 308 g/mol. The SMILES string of the molecule is Cc1cc(NC2=NCC(C)(C)CS2)cc(C)c1Br. The van der Waals surface area contributed by atoms with Gasteiger partial charge in [0.1, 0.15) is 0 Å². The van der Waals surface area contributed by atoms with Gasteiger partial charge in [-0.1, -0.05) is 41.5 Å². The maximum atomic E-state index is 4.62. The number of nitrogens with one attached hydrogen (secondary N) is 1. The summed E-state index contributed by atoms with van der Waals surface area (Å²) in [7, 11) is 0. The summed E-state index contributed by atoms with van der Waals surface area (Å²) in [6.07, 6.45) is 0. The van der Waals surface area contributed by atoms with Crippen molar-refractivity contribution in [3.8, 4) is 0 Å². The van der Waals surface area contributed by atoms with E-state index in [-0.39, 0.29) is 0 Å². The first-order valence-electron chi connectivity index (χ1n) is 6.08. The average molecular weight is 327 g/mol. The fraction of sp³-hybridized carbons (Fsp3) is 0.500. The second-order valence-electron chi connectivity index (χ2n) is 5.62. The van der Waals surface area contributed by atoms with Crippen molar-refractivity contribution in [3.05, 3.63) is 27.7 Å². The highest BCUT2D eigenvalue weighted by Crippen LogP contribution is 2.30. The van der Waals surface area contributed by atoms with Crippen LogP contribution in [0.3, 0.4) is 0 Å². The fourth-order valence-electron chi connectivity index (χ4n) is 1.86. The number of hydrogen-bond acceptors (Lipinski definition) is 3. The van der Waals surface area contributed by atoms with E-state index in [4.69, 9.17) is 0 Å². The molecule has 0 atom stereocenters. The Balaban J connectivity index is 2.14. The van der Waals surface area contributed by atoms with Crippen molar-refractivity contribution in [1.82, 2.24) is 0 Å². The van der Waals surface area contributed by atoms with E-state index in [1.165, 1.54) is 15.6 Å². The van der Waals surface area contributed by atoms with Gasteiger partial charge >= 0.3 is 0 Å². The van der Waals surface area contributed by atoms with Gasteiger partial charge in [0.2, 0.25) is 0 Å². The standard InChI is InChI=1S/C14H19BrN2S/c1-9-5-11(6-10(2)12(9)15)17-13-16-7-14(3,4)8-18-13/h5-6H,7-8H2,1-4H3,(H,16,17). The molecule has 4 heteroatoms. The number of nitrogens with zero attached hydrogens (tertiary/aromatic N) is 1. The second kappa shape index (κ2) is 5.25. The summed E-state index contributed by atoms with van der Waals surface area (Å²) < 4.78 is 1.19. The monoisotopic (exact) mass is 326 g/mol. The summed E-state index contributed by atoms with van der Waals surface area (Å²) in [5, 5.41) is 4.46. The number of hydrogen-bond donors (Lipinski definition) is 1. The van der Waals surface area contributed by atoms with E-state index in [0.717, 1.165) is 23.2 Å². The molecule has 0 saturated carbocycles. The molecule has 1 aliphatic rings. The number of amidine groups is 1.